The summed E-state index contributed by atoms with van der Waals surface area (Å²) >= 11 is 0. The van der Waals surface area contributed by atoms with Gasteiger partial charge in [-0.15, -0.1) is 0 Å². The van der Waals surface area contributed by atoms with Gasteiger partial charge in [-0.1, -0.05) is 4.79 Å². The number of nitrogens with zero attached hydrogens (tertiary/aromatic N) is 3. The Morgan fingerprint density at radius 2 is 1.83 bits per heavy atom. The summed E-state index contributed by atoms with van der Waals surface area (Å²) in [7, 11) is 4.06. The molecule has 0 atom stereocenters. The fourth-order valence-corrected chi connectivity index (χ4v) is 1.19. The first-order chi connectivity index (χ1) is 5.43. The van der Waals surface area contributed by atoms with Crippen molar-refractivity contribution in [2.24, 2.45) is 0 Å². The first-order valence-electron chi connectivity index (χ1n) is 4.20. The van der Waals surface area contributed by atoms with Gasteiger partial charge in [0.2, 0.25) is 0 Å². The highest BCUT2D eigenvalue weighted by molar-refractivity contribution is 4.78. The van der Waals surface area contributed by atoms with Crippen LogP contribution in [0.25, 0.3) is 0 Å². The van der Waals surface area contributed by atoms with Gasteiger partial charge in [-0.25, -0.2) is 0 Å². The minimum Gasteiger partial charge on any atom is -0.197 e. The predicted molar refractivity (Wildman–Crippen MR) is 49.7 cm³/mol. The van der Waals surface area contributed by atoms with Crippen LogP contribution in [0.3, 0.4) is 0 Å². The summed E-state index contributed by atoms with van der Waals surface area (Å²) in [6, 6.07) is 2.05. The second kappa shape index (κ2) is 2.81. The predicted octanol–water partition coefficient (Wildman–Crippen LogP) is 0.728. The molecular formula is C9H18N3+. The van der Waals surface area contributed by atoms with Crippen LogP contribution < -0.4 is 9.69 Å². The first-order valence-corrected chi connectivity index (χ1v) is 4.20. The summed E-state index contributed by atoms with van der Waals surface area (Å²) in [5.74, 6) is 0. The van der Waals surface area contributed by atoms with Gasteiger partial charge in [-0.2, -0.15) is 9.69 Å². The van der Waals surface area contributed by atoms with Crippen LogP contribution in [0.5, 0.6) is 0 Å². The molecule has 0 fully saturated rings. The van der Waals surface area contributed by atoms with Crippen molar-refractivity contribution in [3.05, 3.63) is 18.5 Å². The van der Waals surface area contributed by atoms with Crippen molar-refractivity contribution in [2.75, 3.05) is 19.1 Å². The Morgan fingerprint density at radius 1 is 1.25 bits per heavy atom. The molecule has 0 aliphatic rings. The Labute approximate surface area is 74.2 Å². The zero-order valence-electron chi connectivity index (χ0n) is 8.57. The Kier molecular flexibility index (Phi) is 2.13. The average Bonchev–Trinajstić information content (AvgIpc) is 2.30. The molecule has 0 radical (unpaired) electrons. The molecule has 0 aliphatic carbocycles. The molecule has 0 aromatic carbocycles. The molecule has 1 heterocycles. The van der Waals surface area contributed by atoms with Gasteiger partial charge in [0.1, 0.15) is 11.7 Å². The van der Waals surface area contributed by atoms with Crippen LogP contribution in [0.4, 0.5) is 0 Å². The molecule has 1 aromatic rings. The van der Waals surface area contributed by atoms with Gasteiger partial charge in [0, 0.05) is 6.07 Å². The van der Waals surface area contributed by atoms with Gasteiger partial charge in [0.25, 0.3) is 0 Å². The van der Waals surface area contributed by atoms with E-state index in [0.29, 0.717) is 0 Å². The van der Waals surface area contributed by atoms with Crippen LogP contribution in [0, 0.1) is 0 Å². The van der Waals surface area contributed by atoms with Crippen LogP contribution >= 0.6 is 0 Å². The molecule has 1 rings (SSSR count). The maximum absolute atomic E-state index is 2.19. The van der Waals surface area contributed by atoms with Crippen LogP contribution in [-0.4, -0.2) is 18.9 Å². The molecule has 0 saturated carbocycles. The lowest BCUT2D eigenvalue weighted by Crippen LogP contribution is -2.60. The van der Waals surface area contributed by atoms with Crippen molar-refractivity contribution < 1.29 is 4.68 Å². The van der Waals surface area contributed by atoms with Crippen molar-refractivity contribution in [3.63, 3.8) is 0 Å². The summed E-state index contributed by atoms with van der Waals surface area (Å²) in [6.45, 7) is 6.56. The molecule has 1 aromatic heterocycles. The molecule has 12 heavy (non-hydrogen) atoms. The van der Waals surface area contributed by atoms with Gasteiger partial charge in [0.05, 0.1) is 20.3 Å². The molecule has 0 bridgehead atoms. The SMILES string of the molecule is CN(C)n1ccc[n+]1C(C)(C)C. The second-order valence-corrected chi connectivity index (χ2v) is 4.17. The average molecular weight is 168 g/mol. The monoisotopic (exact) mass is 168 g/mol. The zero-order chi connectivity index (χ0) is 9.35. The van der Waals surface area contributed by atoms with Crippen molar-refractivity contribution in [1.82, 2.24) is 4.79 Å². The van der Waals surface area contributed by atoms with E-state index in [2.05, 4.69) is 36.4 Å². The lowest BCUT2D eigenvalue weighted by molar-refractivity contribution is -0.824. The third kappa shape index (κ3) is 1.60. The highest BCUT2D eigenvalue weighted by Gasteiger charge is 2.22. The van der Waals surface area contributed by atoms with Crippen LogP contribution in [0.1, 0.15) is 20.8 Å². The molecule has 68 valence electrons. The molecule has 0 aliphatic heterocycles. The highest BCUT2D eigenvalue weighted by Crippen LogP contribution is 2.02. The van der Waals surface area contributed by atoms with Gasteiger partial charge >= 0.3 is 0 Å². The molecule has 3 nitrogen and oxygen atoms in total. The van der Waals surface area contributed by atoms with Gasteiger partial charge in [-0.05, 0) is 20.8 Å². The zero-order valence-corrected chi connectivity index (χ0v) is 8.57. The second-order valence-electron chi connectivity index (χ2n) is 4.17. The van der Waals surface area contributed by atoms with E-state index in [0.717, 1.165) is 0 Å². The number of hydrogen-bond acceptors (Lipinski definition) is 1. The lowest BCUT2D eigenvalue weighted by atomic mass is 10.1. The molecule has 0 amide bonds. The third-order valence-corrected chi connectivity index (χ3v) is 1.76. The Balaban J connectivity index is 3.08. The summed E-state index contributed by atoms with van der Waals surface area (Å²) in [4.78, 5) is 2.08. The van der Waals surface area contributed by atoms with Gasteiger partial charge < -0.3 is 0 Å². The van der Waals surface area contributed by atoms with E-state index >= 15 is 0 Å². The minimum absolute atomic E-state index is 0.133. The van der Waals surface area contributed by atoms with Crippen LogP contribution in [-0.2, 0) is 5.54 Å². The van der Waals surface area contributed by atoms with Crippen molar-refractivity contribution in [1.29, 1.82) is 0 Å². The molecule has 0 N–H and O–H groups in total. The van der Waals surface area contributed by atoms with Crippen molar-refractivity contribution >= 4 is 0 Å². The Hall–Kier alpha value is -0.990. The van der Waals surface area contributed by atoms with E-state index in [1.54, 1.807) is 0 Å². The van der Waals surface area contributed by atoms with E-state index < -0.39 is 0 Å². The van der Waals surface area contributed by atoms with E-state index in [4.69, 9.17) is 0 Å². The quantitative estimate of drug-likeness (QED) is 0.563. The minimum atomic E-state index is 0.133. The summed E-state index contributed by atoms with van der Waals surface area (Å²) < 4.78 is 2.19. The molecular weight excluding hydrogens is 150 g/mol. The van der Waals surface area contributed by atoms with E-state index in [1.165, 1.54) is 0 Å². The maximum atomic E-state index is 2.19. The van der Waals surface area contributed by atoms with Crippen LogP contribution in [0.15, 0.2) is 18.5 Å². The largest absolute Gasteiger partial charge is 0.197 e. The molecule has 0 spiro atoms. The summed E-state index contributed by atoms with van der Waals surface area (Å²) in [6.07, 6.45) is 4.13. The molecule has 0 unspecified atom stereocenters. The lowest BCUT2D eigenvalue weighted by Gasteiger charge is -2.20. The number of aromatic nitrogens is 2. The topological polar surface area (TPSA) is 12.1 Å². The maximum Gasteiger partial charge on any atom is 0.123 e. The normalized spacial score (nSPS) is 11.8. The fourth-order valence-electron chi connectivity index (χ4n) is 1.19. The Bertz CT molecular complexity index is 255. The Morgan fingerprint density at radius 3 is 2.17 bits per heavy atom. The van der Waals surface area contributed by atoms with Crippen molar-refractivity contribution in [2.45, 2.75) is 26.3 Å². The molecule has 3 heteroatoms. The van der Waals surface area contributed by atoms with Gasteiger partial charge in [-0.3, -0.25) is 0 Å². The van der Waals surface area contributed by atoms with Crippen molar-refractivity contribution in [3.8, 4) is 0 Å². The highest BCUT2D eigenvalue weighted by atomic mass is 15.7. The number of rotatable bonds is 1. The smallest absolute Gasteiger partial charge is 0.123 e. The first kappa shape index (κ1) is 9.10. The van der Waals surface area contributed by atoms with Gasteiger partial charge in [0.15, 0.2) is 0 Å². The van der Waals surface area contributed by atoms with E-state index in [9.17, 15) is 0 Å². The number of hydrogen-bond donors (Lipinski definition) is 0. The summed E-state index contributed by atoms with van der Waals surface area (Å²) in [5, 5.41) is 2.05. The summed E-state index contributed by atoms with van der Waals surface area (Å²) in [5.41, 5.74) is 0.133. The van der Waals surface area contributed by atoms with E-state index in [1.807, 2.05) is 31.4 Å². The molecule has 0 saturated heterocycles. The third-order valence-electron chi connectivity index (χ3n) is 1.76. The van der Waals surface area contributed by atoms with E-state index in [-0.39, 0.29) is 5.54 Å². The van der Waals surface area contributed by atoms with Crippen LogP contribution in [0.2, 0.25) is 0 Å². The standard InChI is InChI=1S/C9H18N3/c1-9(2,3)11-7-6-8-12(11)10(4)5/h6-8H,1-5H3/q+1. The fraction of sp³-hybridized carbons (Fsp3) is 0.667.